The summed E-state index contributed by atoms with van der Waals surface area (Å²) in [5, 5.41) is 3.32. The number of nitrogens with one attached hydrogen (secondary N) is 1. The summed E-state index contributed by atoms with van der Waals surface area (Å²) in [6.45, 7) is 0.585. The fourth-order valence-electron chi connectivity index (χ4n) is 2.72. The maximum absolute atomic E-state index is 5.82. The van der Waals surface area contributed by atoms with E-state index in [9.17, 15) is 0 Å². The van der Waals surface area contributed by atoms with Crippen LogP contribution in [0.3, 0.4) is 0 Å². The van der Waals surface area contributed by atoms with Crippen molar-refractivity contribution in [1.29, 1.82) is 0 Å². The van der Waals surface area contributed by atoms with Gasteiger partial charge in [0.1, 0.15) is 19.4 Å². The van der Waals surface area contributed by atoms with Crippen LogP contribution in [0.25, 0.3) is 11.4 Å². The van der Waals surface area contributed by atoms with Gasteiger partial charge in [-0.2, -0.15) is 9.78 Å². The molecule has 0 atom stereocenters. The molecule has 4 rings (SSSR count). The lowest BCUT2D eigenvalue weighted by Crippen LogP contribution is -2.34. The van der Waals surface area contributed by atoms with Crippen LogP contribution < -0.4 is 9.42 Å². The number of hydrogen-bond donors (Lipinski definition) is 1. The van der Waals surface area contributed by atoms with Gasteiger partial charge in [0.25, 0.3) is 5.82 Å². The fourth-order valence-corrected chi connectivity index (χ4v) is 2.72. The average Bonchev–Trinajstić information content (AvgIpc) is 3.37. The molecular formula is C19H20N3O+. The van der Waals surface area contributed by atoms with Crippen LogP contribution in [0.15, 0.2) is 54.6 Å². The number of aryl methyl sites for hydroxylation is 1. The van der Waals surface area contributed by atoms with E-state index in [4.69, 9.17) is 9.72 Å². The summed E-state index contributed by atoms with van der Waals surface area (Å²) < 4.78 is 7.86. The molecule has 0 bridgehead atoms. The second-order valence-corrected chi connectivity index (χ2v) is 6.06. The third kappa shape index (κ3) is 3.11. The maximum atomic E-state index is 5.82. The Labute approximate surface area is 135 Å². The number of hydrogen-bond acceptors (Lipinski definition) is 2. The van der Waals surface area contributed by atoms with E-state index in [0.717, 1.165) is 23.0 Å². The number of benzene rings is 2. The molecule has 1 aliphatic rings. The van der Waals surface area contributed by atoms with Crippen LogP contribution in [0, 0.1) is 0 Å². The Morgan fingerprint density at radius 2 is 1.83 bits per heavy atom. The van der Waals surface area contributed by atoms with Crippen molar-refractivity contribution in [3.63, 3.8) is 0 Å². The Morgan fingerprint density at radius 1 is 1.09 bits per heavy atom. The van der Waals surface area contributed by atoms with Gasteiger partial charge in [-0.1, -0.05) is 30.3 Å². The zero-order chi connectivity index (χ0) is 15.6. The summed E-state index contributed by atoms with van der Waals surface area (Å²) in [4.78, 5) is 4.73. The highest BCUT2D eigenvalue weighted by Crippen LogP contribution is 2.37. The predicted octanol–water partition coefficient (Wildman–Crippen LogP) is 3.36. The summed E-state index contributed by atoms with van der Waals surface area (Å²) in [7, 11) is 2.03. The highest BCUT2D eigenvalue weighted by atomic mass is 16.5. The summed E-state index contributed by atoms with van der Waals surface area (Å²) in [6, 6.07) is 18.3. The van der Waals surface area contributed by atoms with Crippen LogP contribution in [-0.4, -0.2) is 10.1 Å². The predicted molar refractivity (Wildman–Crippen MR) is 87.9 cm³/mol. The van der Waals surface area contributed by atoms with Gasteiger partial charge in [0.05, 0.1) is 5.92 Å². The molecule has 1 aliphatic carbocycles. The third-order valence-corrected chi connectivity index (χ3v) is 4.16. The highest BCUT2D eigenvalue weighted by molar-refractivity contribution is 5.55. The first-order chi connectivity index (χ1) is 11.3. The van der Waals surface area contributed by atoms with Gasteiger partial charge in [-0.15, -0.1) is 0 Å². The first-order valence-corrected chi connectivity index (χ1v) is 8.03. The van der Waals surface area contributed by atoms with Crippen LogP contribution in [0.4, 0.5) is 0 Å². The highest BCUT2D eigenvalue weighted by Gasteiger charge is 2.35. The Kier molecular flexibility index (Phi) is 3.58. The van der Waals surface area contributed by atoms with Gasteiger partial charge in [0.2, 0.25) is 0 Å². The maximum Gasteiger partial charge on any atom is 0.322 e. The lowest BCUT2D eigenvalue weighted by Gasteiger charge is -2.06. The van der Waals surface area contributed by atoms with Crippen LogP contribution in [0.2, 0.25) is 0 Å². The van der Waals surface area contributed by atoms with Crippen molar-refractivity contribution in [3.8, 4) is 17.1 Å². The van der Waals surface area contributed by atoms with Crippen molar-refractivity contribution in [1.82, 2.24) is 10.1 Å². The van der Waals surface area contributed by atoms with Crippen molar-refractivity contribution in [3.05, 3.63) is 66.0 Å². The normalized spacial score (nSPS) is 14.0. The van der Waals surface area contributed by atoms with Gasteiger partial charge in [-0.3, -0.25) is 0 Å². The molecule has 116 valence electrons. The molecule has 1 aromatic heterocycles. The summed E-state index contributed by atoms with van der Waals surface area (Å²) in [6.07, 6.45) is 2.51. The Hall–Kier alpha value is -2.62. The zero-order valence-electron chi connectivity index (χ0n) is 13.2. The SMILES string of the molecule is C[n+]1[nH]c(-c2ccc(OCc3ccccc3)cc2)nc1C1CC1. The molecule has 1 N–H and O–H groups in total. The van der Waals surface area contributed by atoms with Gasteiger partial charge in [0, 0.05) is 5.56 Å². The van der Waals surface area contributed by atoms with E-state index in [0.29, 0.717) is 12.5 Å². The van der Waals surface area contributed by atoms with Crippen LogP contribution in [0.1, 0.15) is 30.1 Å². The zero-order valence-corrected chi connectivity index (χ0v) is 13.2. The molecule has 4 heteroatoms. The van der Waals surface area contributed by atoms with E-state index in [1.54, 1.807) is 0 Å². The summed E-state index contributed by atoms with van der Waals surface area (Å²) >= 11 is 0. The third-order valence-electron chi connectivity index (χ3n) is 4.16. The lowest BCUT2D eigenvalue weighted by atomic mass is 10.2. The molecule has 2 aromatic carbocycles. The standard InChI is InChI=1S/C19H19N3O/c1-22-19(16-7-8-16)20-18(21-22)15-9-11-17(12-10-15)23-13-14-5-3-2-4-6-14/h2-6,9-12,16H,7-8,13H2,1H3/p+1. The number of H-pyrrole nitrogens is 1. The second kappa shape index (κ2) is 5.88. The fraction of sp³-hybridized carbons (Fsp3) is 0.263. The first-order valence-electron chi connectivity index (χ1n) is 8.03. The topological polar surface area (TPSA) is 41.8 Å². The van der Waals surface area contributed by atoms with Gasteiger partial charge in [-0.25, -0.2) is 0 Å². The van der Waals surface area contributed by atoms with Gasteiger partial charge in [-0.05, 0) is 47.7 Å². The van der Waals surface area contributed by atoms with Crippen molar-refractivity contribution in [2.45, 2.75) is 25.4 Å². The van der Waals surface area contributed by atoms with Crippen LogP contribution in [0.5, 0.6) is 5.75 Å². The number of nitrogens with zero attached hydrogens (tertiary/aromatic N) is 2. The number of ether oxygens (including phenoxy) is 1. The molecule has 3 aromatic rings. The van der Waals surface area contributed by atoms with Crippen LogP contribution in [-0.2, 0) is 13.7 Å². The molecule has 1 fully saturated rings. The minimum atomic E-state index is 0.585. The number of aromatic amines is 1. The second-order valence-electron chi connectivity index (χ2n) is 6.06. The van der Waals surface area contributed by atoms with E-state index in [1.165, 1.54) is 18.4 Å². The van der Waals surface area contributed by atoms with Gasteiger partial charge in [0.15, 0.2) is 0 Å². The van der Waals surface area contributed by atoms with E-state index in [1.807, 2.05) is 42.1 Å². The largest absolute Gasteiger partial charge is 0.489 e. The molecule has 23 heavy (non-hydrogen) atoms. The van der Waals surface area contributed by atoms with Gasteiger partial charge >= 0.3 is 5.82 Å². The van der Waals surface area contributed by atoms with E-state index in [2.05, 4.69) is 29.4 Å². The summed E-state index contributed by atoms with van der Waals surface area (Å²) in [5.74, 6) is 3.59. The smallest absolute Gasteiger partial charge is 0.322 e. The Morgan fingerprint density at radius 3 is 2.52 bits per heavy atom. The summed E-state index contributed by atoms with van der Waals surface area (Å²) in [5.41, 5.74) is 2.25. The van der Waals surface area contributed by atoms with E-state index >= 15 is 0 Å². The molecule has 0 spiro atoms. The lowest BCUT2D eigenvalue weighted by molar-refractivity contribution is -0.734. The molecule has 0 aliphatic heterocycles. The first kappa shape index (κ1) is 14.0. The van der Waals surface area contributed by atoms with Crippen molar-refractivity contribution >= 4 is 0 Å². The molecule has 1 saturated carbocycles. The molecule has 1 heterocycles. The number of aromatic nitrogens is 3. The average molecular weight is 306 g/mol. The Bertz CT molecular complexity index is 789. The minimum Gasteiger partial charge on any atom is -0.489 e. The molecule has 0 radical (unpaired) electrons. The Balaban J connectivity index is 1.46. The van der Waals surface area contributed by atoms with E-state index in [-0.39, 0.29) is 0 Å². The monoisotopic (exact) mass is 306 g/mol. The molecule has 4 nitrogen and oxygen atoms in total. The quantitative estimate of drug-likeness (QED) is 0.734. The van der Waals surface area contributed by atoms with Crippen LogP contribution >= 0.6 is 0 Å². The number of rotatable bonds is 5. The molecular weight excluding hydrogens is 286 g/mol. The van der Waals surface area contributed by atoms with Gasteiger partial charge < -0.3 is 4.74 Å². The molecule has 0 amide bonds. The minimum absolute atomic E-state index is 0.585. The molecule has 0 saturated heterocycles. The van der Waals surface area contributed by atoms with Crippen molar-refractivity contribution in [2.75, 3.05) is 0 Å². The molecule has 0 unspecified atom stereocenters. The van der Waals surface area contributed by atoms with Crippen molar-refractivity contribution in [2.24, 2.45) is 7.05 Å². The van der Waals surface area contributed by atoms with E-state index < -0.39 is 0 Å². The van der Waals surface area contributed by atoms with Crippen molar-refractivity contribution < 1.29 is 9.42 Å².